The standard InChI is InChI=1S/C31H22FN2O/c1-18-8-12-24-25-13-11-23(16-33)29(22-10-9-20-6-4-5-7-21(20)14-22)31(25)35-30(24)28(18)27-15-26(32)19(2)17-34(27)3/h4-15,17H,1-3H3/q+1/i2D3,15D,17D. The molecule has 2 heterocycles. The number of hydrogen-bond donors (Lipinski definition) is 0. The minimum absolute atomic E-state index is 0.0328. The molecule has 6 rings (SSSR count). The molecular weight excluding hydrogens is 435 g/mol. The van der Waals surface area contributed by atoms with Gasteiger partial charge in [0.2, 0.25) is 5.69 Å². The van der Waals surface area contributed by atoms with Crippen LogP contribution in [0, 0.1) is 30.9 Å². The van der Waals surface area contributed by atoms with Crippen molar-refractivity contribution in [3.05, 3.63) is 101 Å². The molecule has 0 aliphatic rings. The van der Waals surface area contributed by atoms with Crippen molar-refractivity contribution in [3.63, 3.8) is 0 Å². The fourth-order valence-electron chi connectivity index (χ4n) is 4.77. The lowest BCUT2D eigenvalue weighted by Gasteiger charge is -2.07. The van der Waals surface area contributed by atoms with Gasteiger partial charge in [-0.3, -0.25) is 0 Å². The molecule has 0 aliphatic heterocycles. The van der Waals surface area contributed by atoms with Crippen molar-refractivity contribution in [1.82, 2.24) is 0 Å². The van der Waals surface area contributed by atoms with Gasteiger partial charge in [0.05, 0.1) is 18.6 Å². The van der Waals surface area contributed by atoms with Crippen molar-refractivity contribution in [1.29, 1.82) is 5.26 Å². The average Bonchev–Trinajstić information content (AvgIpc) is 3.30. The number of fused-ring (bicyclic) bond motifs is 4. The maximum atomic E-state index is 15.4. The number of aromatic nitrogens is 1. The molecule has 4 heteroatoms. The zero-order valence-corrected chi connectivity index (χ0v) is 19.0. The summed E-state index contributed by atoms with van der Waals surface area (Å²) in [6.07, 6.45) is -0.542. The molecule has 0 unspecified atom stereocenters. The number of hydrogen-bond acceptors (Lipinski definition) is 2. The van der Waals surface area contributed by atoms with Crippen LogP contribution in [0.5, 0.6) is 0 Å². The topological polar surface area (TPSA) is 40.8 Å². The number of aryl methyl sites for hydroxylation is 1. The Morgan fingerprint density at radius 1 is 0.943 bits per heavy atom. The SMILES string of the molecule is [2H]c1c(F)c(C([2H])([2H])[2H])c([2H])[n+](C)c1-c1c(C)ccc2c1oc1c(-c3ccc4ccccc4c3)c(C#N)ccc12. The fourth-order valence-corrected chi connectivity index (χ4v) is 4.77. The summed E-state index contributed by atoms with van der Waals surface area (Å²) in [4.78, 5) is 0. The van der Waals surface area contributed by atoms with E-state index in [1.807, 2.05) is 54.6 Å². The number of halogens is 1. The Balaban J connectivity index is 1.71. The Morgan fingerprint density at radius 3 is 2.46 bits per heavy atom. The summed E-state index contributed by atoms with van der Waals surface area (Å²) in [6, 6.07) is 22.7. The molecule has 0 amide bonds. The molecule has 0 radical (unpaired) electrons. The van der Waals surface area contributed by atoms with Crippen LogP contribution in [0.4, 0.5) is 4.39 Å². The van der Waals surface area contributed by atoms with Gasteiger partial charge in [0.15, 0.2) is 6.17 Å². The predicted octanol–water partition coefficient (Wildman–Crippen LogP) is 7.53. The van der Waals surface area contributed by atoms with E-state index >= 15 is 4.39 Å². The zero-order chi connectivity index (χ0) is 28.5. The van der Waals surface area contributed by atoms with Crippen LogP contribution in [0.15, 0.2) is 83.4 Å². The molecule has 168 valence electrons. The highest BCUT2D eigenvalue weighted by atomic mass is 19.1. The lowest BCUT2D eigenvalue weighted by Crippen LogP contribution is -2.31. The van der Waals surface area contributed by atoms with Crippen molar-refractivity contribution >= 4 is 32.7 Å². The molecule has 4 aromatic carbocycles. The number of nitrogens with zero attached hydrogens (tertiary/aromatic N) is 2. The summed E-state index contributed by atoms with van der Waals surface area (Å²) >= 11 is 0. The number of rotatable bonds is 2. The summed E-state index contributed by atoms with van der Waals surface area (Å²) in [5.74, 6) is -1.26. The Kier molecular flexibility index (Phi) is 3.60. The molecule has 0 N–H and O–H groups in total. The van der Waals surface area contributed by atoms with E-state index in [9.17, 15) is 5.26 Å². The molecule has 3 nitrogen and oxygen atoms in total. The van der Waals surface area contributed by atoms with Crippen LogP contribution in [0.1, 0.15) is 23.5 Å². The highest BCUT2D eigenvalue weighted by Crippen LogP contribution is 2.42. The number of furan rings is 1. The van der Waals surface area contributed by atoms with Gasteiger partial charge in [-0.1, -0.05) is 48.5 Å². The Hall–Kier alpha value is -4.49. The quantitative estimate of drug-likeness (QED) is 0.250. The number of pyridine rings is 1. The first kappa shape index (κ1) is 16.2. The van der Waals surface area contributed by atoms with Crippen molar-refractivity contribution in [2.45, 2.75) is 13.8 Å². The molecule has 35 heavy (non-hydrogen) atoms. The summed E-state index contributed by atoms with van der Waals surface area (Å²) in [7, 11) is 1.44. The van der Waals surface area contributed by atoms with Gasteiger partial charge in [-0.05, 0) is 53.9 Å². The maximum Gasteiger partial charge on any atom is 0.219 e. The maximum absolute atomic E-state index is 15.4. The summed E-state index contributed by atoms with van der Waals surface area (Å²) < 4.78 is 63.2. The first-order valence-corrected chi connectivity index (χ1v) is 11.1. The van der Waals surface area contributed by atoms with Crippen molar-refractivity contribution in [3.8, 4) is 28.5 Å². The molecule has 2 aromatic heterocycles. The molecule has 0 saturated carbocycles. The zero-order valence-electron chi connectivity index (χ0n) is 24.0. The Labute approximate surface area is 209 Å². The first-order chi connectivity index (χ1) is 19.0. The van der Waals surface area contributed by atoms with Crippen molar-refractivity contribution in [2.24, 2.45) is 7.05 Å². The smallest absolute Gasteiger partial charge is 0.219 e. The minimum atomic E-state index is -2.89. The second-order valence-electron chi connectivity index (χ2n) is 8.61. The lowest BCUT2D eigenvalue weighted by molar-refractivity contribution is -0.661. The highest BCUT2D eigenvalue weighted by molar-refractivity contribution is 6.14. The molecule has 0 saturated heterocycles. The molecular formula is C31H22FN2O+. The van der Waals surface area contributed by atoms with Crippen LogP contribution >= 0.6 is 0 Å². The second-order valence-corrected chi connectivity index (χ2v) is 8.61. The third kappa shape index (κ3) is 3.20. The largest absolute Gasteiger partial charge is 0.454 e. The van der Waals surface area contributed by atoms with Gasteiger partial charge in [-0.2, -0.15) is 5.26 Å². The molecule has 0 spiro atoms. The minimum Gasteiger partial charge on any atom is -0.454 e. The van der Waals surface area contributed by atoms with E-state index in [0.717, 1.165) is 21.7 Å². The van der Waals surface area contributed by atoms with Gasteiger partial charge < -0.3 is 4.42 Å². The van der Waals surface area contributed by atoms with E-state index in [4.69, 9.17) is 11.3 Å². The van der Waals surface area contributed by atoms with E-state index in [0.29, 0.717) is 38.8 Å². The van der Waals surface area contributed by atoms with Crippen LogP contribution in [-0.2, 0) is 7.05 Å². The van der Waals surface area contributed by atoms with Gasteiger partial charge >= 0.3 is 0 Å². The third-order valence-corrected chi connectivity index (χ3v) is 6.48. The Bertz CT molecular complexity index is 2040. The van der Waals surface area contributed by atoms with Gasteiger partial charge in [-0.25, -0.2) is 8.96 Å². The summed E-state index contributed by atoms with van der Waals surface area (Å²) in [5.41, 5.74) is 2.94. The van der Waals surface area contributed by atoms with Gasteiger partial charge in [-0.15, -0.1) is 0 Å². The summed E-state index contributed by atoms with van der Waals surface area (Å²) in [5, 5.41) is 13.5. The number of benzene rings is 4. The van der Waals surface area contributed by atoms with E-state index in [1.54, 1.807) is 19.1 Å². The Morgan fingerprint density at radius 2 is 1.69 bits per heavy atom. The van der Waals surface area contributed by atoms with E-state index in [-0.39, 0.29) is 5.69 Å². The first-order valence-electron chi connectivity index (χ1n) is 13.6. The van der Waals surface area contributed by atoms with E-state index < -0.39 is 30.4 Å². The van der Waals surface area contributed by atoms with E-state index in [2.05, 4.69) is 6.07 Å². The fraction of sp³-hybridized carbons (Fsp3) is 0.0968. The highest BCUT2D eigenvalue weighted by Gasteiger charge is 2.24. The monoisotopic (exact) mass is 462 g/mol. The second kappa shape index (κ2) is 7.78. The average molecular weight is 463 g/mol. The van der Waals surface area contributed by atoms with Crippen LogP contribution in [0.2, 0.25) is 0 Å². The van der Waals surface area contributed by atoms with Gasteiger partial charge in [0.25, 0.3) is 0 Å². The van der Waals surface area contributed by atoms with Gasteiger partial charge in [0.1, 0.15) is 25.4 Å². The van der Waals surface area contributed by atoms with Crippen LogP contribution < -0.4 is 4.57 Å². The van der Waals surface area contributed by atoms with E-state index in [1.165, 1.54) is 11.6 Å². The molecule has 0 atom stereocenters. The van der Waals surface area contributed by atoms with Gasteiger partial charge in [0, 0.05) is 32.1 Å². The van der Waals surface area contributed by atoms with Crippen LogP contribution in [0.3, 0.4) is 0 Å². The predicted molar refractivity (Wildman–Crippen MR) is 137 cm³/mol. The summed E-state index contributed by atoms with van der Waals surface area (Å²) in [6.45, 7) is -1.11. The molecule has 0 aliphatic carbocycles. The van der Waals surface area contributed by atoms with Crippen molar-refractivity contribution < 1.29 is 20.2 Å². The van der Waals surface area contributed by atoms with Crippen LogP contribution in [0.25, 0.3) is 55.1 Å². The van der Waals surface area contributed by atoms with Crippen molar-refractivity contribution in [2.75, 3.05) is 0 Å². The lowest BCUT2D eigenvalue weighted by atomic mass is 9.94. The molecule has 6 aromatic rings. The molecule has 0 bridgehead atoms. The third-order valence-electron chi connectivity index (χ3n) is 6.48. The number of nitriles is 1. The van der Waals surface area contributed by atoms with Crippen LogP contribution in [-0.4, -0.2) is 0 Å². The molecule has 0 fully saturated rings. The normalized spacial score (nSPS) is 13.8.